The van der Waals surface area contributed by atoms with Gasteiger partial charge in [0.2, 0.25) is 0 Å². The molecule has 1 unspecified atom stereocenters. The third-order valence-electron chi connectivity index (χ3n) is 6.02. The zero-order valence-corrected chi connectivity index (χ0v) is 18.8. The van der Waals surface area contributed by atoms with Gasteiger partial charge in [0.25, 0.3) is 5.91 Å². The summed E-state index contributed by atoms with van der Waals surface area (Å²) < 4.78 is 1.79. The molecule has 168 valence electrons. The van der Waals surface area contributed by atoms with Crippen LogP contribution in [0.15, 0.2) is 60.7 Å². The van der Waals surface area contributed by atoms with Crippen molar-refractivity contribution in [2.75, 3.05) is 18.4 Å². The van der Waals surface area contributed by atoms with Crippen LogP contribution in [0.2, 0.25) is 0 Å². The number of anilines is 1. The van der Waals surface area contributed by atoms with E-state index in [1.54, 1.807) is 4.68 Å². The molecule has 0 saturated carbocycles. The van der Waals surface area contributed by atoms with Gasteiger partial charge >= 0.3 is 0 Å². The van der Waals surface area contributed by atoms with Crippen molar-refractivity contribution in [3.8, 4) is 5.69 Å². The number of nitrogens with zero attached hydrogens (tertiary/aromatic N) is 4. The van der Waals surface area contributed by atoms with Crippen molar-refractivity contribution in [2.24, 2.45) is 0 Å². The van der Waals surface area contributed by atoms with Crippen LogP contribution in [-0.4, -0.2) is 49.9 Å². The van der Waals surface area contributed by atoms with Crippen LogP contribution in [0, 0.1) is 13.8 Å². The lowest BCUT2D eigenvalue weighted by Gasteiger charge is -2.16. The van der Waals surface area contributed by atoms with Crippen molar-refractivity contribution in [3.05, 3.63) is 83.2 Å². The highest BCUT2D eigenvalue weighted by molar-refractivity contribution is 6.12. The van der Waals surface area contributed by atoms with E-state index >= 15 is 0 Å². The second-order valence-electron chi connectivity index (χ2n) is 8.67. The van der Waals surface area contributed by atoms with Crippen molar-refractivity contribution in [2.45, 2.75) is 32.9 Å². The Balaban J connectivity index is 1.45. The molecule has 2 aromatic heterocycles. The number of benzene rings is 2. The normalized spacial score (nSPS) is 16.4. The van der Waals surface area contributed by atoms with Crippen LogP contribution in [-0.2, 0) is 6.54 Å². The second-order valence-corrected chi connectivity index (χ2v) is 8.67. The maximum absolute atomic E-state index is 13.4. The maximum atomic E-state index is 13.4. The van der Waals surface area contributed by atoms with Gasteiger partial charge in [0, 0.05) is 31.0 Å². The minimum atomic E-state index is -0.245. The molecule has 1 aliphatic heterocycles. The summed E-state index contributed by atoms with van der Waals surface area (Å²) in [6.07, 6.45) is 0.564. The van der Waals surface area contributed by atoms with E-state index in [0.717, 1.165) is 53.2 Å². The van der Waals surface area contributed by atoms with Crippen molar-refractivity contribution < 1.29 is 9.90 Å². The molecule has 4 aromatic rings. The fourth-order valence-electron chi connectivity index (χ4n) is 4.50. The van der Waals surface area contributed by atoms with Gasteiger partial charge in [-0.2, -0.15) is 5.10 Å². The number of aliphatic hydroxyl groups is 1. The van der Waals surface area contributed by atoms with E-state index in [9.17, 15) is 9.90 Å². The number of pyridine rings is 1. The first kappa shape index (κ1) is 21.3. The molecule has 7 nitrogen and oxygen atoms in total. The van der Waals surface area contributed by atoms with Crippen molar-refractivity contribution in [3.63, 3.8) is 0 Å². The molecule has 0 aliphatic carbocycles. The highest BCUT2D eigenvalue weighted by Gasteiger charge is 2.21. The summed E-state index contributed by atoms with van der Waals surface area (Å²) in [6, 6.07) is 19.5. The number of likely N-dealkylation sites (tertiary alicyclic amines) is 1. The Labute approximate surface area is 192 Å². The molecule has 0 bridgehead atoms. The van der Waals surface area contributed by atoms with Crippen LogP contribution in [0.25, 0.3) is 16.7 Å². The summed E-state index contributed by atoms with van der Waals surface area (Å²) >= 11 is 0. The van der Waals surface area contributed by atoms with E-state index in [1.165, 1.54) is 0 Å². The van der Waals surface area contributed by atoms with Crippen LogP contribution in [0.3, 0.4) is 0 Å². The number of nitrogens with one attached hydrogen (secondary N) is 1. The largest absolute Gasteiger partial charge is 0.392 e. The molecule has 1 aliphatic rings. The van der Waals surface area contributed by atoms with Gasteiger partial charge in [-0.3, -0.25) is 9.69 Å². The predicted molar refractivity (Wildman–Crippen MR) is 129 cm³/mol. The fraction of sp³-hybridized carbons (Fsp3) is 0.269. The molecule has 33 heavy (non-hydrogen) atoms. The van der Waals surface area contributed by atoms with E-state index in [0.29, 0.717) is 17.8 Å². The molecular formula is C26H27N5O2. The number of amides is 1. The molecule has 1 atom stereocenters. The van der Waals surface area contributed by atoms with Gasteiger partial charge in [-0.25, -0.2) is 9.67 Å². The minimum absolute atomic E-state index is 0.185. The number of carbonyl (C=O) groups excluding carboxylic acids is 1. The van der Waals surface area contributed by atoms with Gasteiger partial charge in [0.1, 0.15) is 0 Å². The number of carbonyl (C=O) groups is 1. The lowest BCUT2D eigenvalue weighted by Crippen LogP contribution is -2.21. The standard InChI is InChI=1S/C26H27N5O2/c1-17-13-23(24-18(2)29-31(25(24)27-17)21-9-4-3-5-10-21)26(33)28-20-8-6-7-19(14-20)15-30-12-11-22(32)16-30/h3-10,13-14,22,32H,11-12,15-16H2,1-2H3,(H,28,33). The second kappa shape index (κ2) is 8.77. The Morgan fingerprint density at radius 3 is 2.70 bits per heavy atom. The van der Waals surface area contributed by atoms with Crippen molar-refractivity contribution >= 4 is 22.6 Å². The smallest absolute Gasteiger partial charge is 0.256 e. The average Bonchev–Trinajstić information content (AvgIpc) is 3.36. The third kappa shape index (κ3) is 4.37. The van der Waals surface area contributed by atoms with Crippen LogP contribution in [0.5, 0.6) is 0 Å². The summed E-state index contributed by atoms with van der Waals surface area (Å²) in [6.45, 7) is 6.12. The van der Waals surface area contributed by atoms with Crippen molar-refractivity contribution in [1.82, 2.24) is 19.7 Å². The number of aromatic nitrogens is 3. The zero-order chi connectivity index (χ0) is 22.9. The van der Waals surface area contributed by atoms with E-state index in [4.69, 9.17) is 4.98 Å². The highest BCUT2D eigenvalue weighted by atomic mass is 16.3. The Bertz CT molecular complexity index is 1320. The van der Waals surface area contributed by atoms with Crippen LogP contribution < -0.4 is 5.32 Å². The number of aliphatic hydroxyl groups excluding tert-OH is 1. The first-order valence-corrected chi connectivity index (χ1v) is 11.2. The van der Waals surface area contributed by atoms with E-state index in [-0.39, 0.29) is 12.0 Å². The number of aryl methyl sites for hydroxylation is 2. The highest BCUT2D eigenvalue weighted by Crippen LogP contribution is 2.26. The molecule has 1 amide bonds. The first-order valence-electron chi connectivity index (χ1n) is 11.2. The lowest BCUT2D eigenvalue weighted by atomic mass is 10.1. The Kier molecular flexibility index (Phi) is 5.66. The van der Waals surface area contributed by atoms with E-state index in [1.807, 2.05) is 74.5 Å². The Hall–Kier alpha value is -3.55. The number of fused-ring (bicyclic) bond motifs is 1. The lowest BCUT2D eigenvalue weighted by molar-refractivity contribution is 0.102. The van der Waals surface area contributed by atoms with Gasteiger partial charge in [-0.15, -0.1) is 0 Å². The molecular weight excluding hydrogens is 414 g/mol. The van der Waals surface area contributed by atoms with Gasteiger partial charge in [-0.05, 0) is 56.2 Å². The quantitative estimate of drug-likeness (QED) is 0.491. The number of hydrogen-bond acceptors (Lipinski definition) is 5. The summed E-state index contributed by atoms with van der Waals surface area (Å²) in [4.78, 5) is 20.3. The van der Waals surface area contributed by atoms with Crippen LogP contribution >= 0.6 is 0 Å². The molecule has 3 heterocycles. The van der Waals surface area contributed by atoms with E-state index < -0.39 is 0 Å². The number of para-hydroxylation sites is 1. The van der Waals surface area contributed by atoms with Gasteiger partial charge in [0.05, 0.1) is 28.4 Å². The minimum Gasteiger partial charge on any atom is -0.392 e. The Morgan fingerprint density at radius 1 is 1.12 bits per heavy atom. The van der Waals surface area contributed by atoms with Crippen molar-refractivity contribution in [1.29, 1.82) is 0 Å². The maximum Gasteiger partial charge on any atom is 0.256 e. The summed E-state index contributed by atoms with van der Waals surface area (Å²) in [5, 5.41) is 18.3. The van der Waals surface area contributed by atoms with Gasteiger partial charge in [0.15, 0.2) is 5.65 Å². The third-order valence-corrected chi connectivity index (χ3v) is 6.02. The molecule has 0 radical (unpaired) electrons. The molecule has 1 fully saturated rings. The topological polar surface area (TPSA) is 83.3 Å². The number of rotatable bonds is 5. The average molecular weight is 442 g/mol. The van der Waals surface area contributed by atoms with Crippen LogP contribution in [0.1, 0.15) is 33.7 Å². The SMILES string of the molecule is Cc1cc(C(=O)Nc2cccc(CN3CCC(O)C3)c2)c2c(C)nn(-c3ccccc3)c2n1. The Morgan fingerprint density at radius 2 is 1.94 bits per heavy atom. The summed E-state index contributed by atoms with van der Waals surface area (Å²) in [5.74, 6) is -0.185. The molecule has 2 aromatic carbocycles. The molecule has 1 saturated heterocycles. The zero-order valence-electron chi connectivity index (χ0n) is 18.8. The van der Waals surface area contributed by atoms with Gasteiger partial charge in [-0.1, -0.05) is 30.3 Å². The molecule has 5 rings (SSSR count). The summed E-state index contributed by atoms with van der Waals surface area (Å²) in [7, 11) is 0. The fourth-order valence-corrected chi connectivity index (χ4v) is 4.50. The predicted octanol–water partition coefficient (Wildman–Crippen LogP) is 3.86. The number of hydrogen-bond donors (Lipinski definition) is 2. The molecule has 7 heteroatoms. The van der Waals surface area contributed by atoms with Gasteiger partial charge < -0.3 is 10.4 Å². The van der Waals surface area contributed by atoms with Crippen LogP contribution in [0.4, 0.5) is 5.69 Å². The molecule has 0 spiro atoms. The summed E-state index contributed by atoms with van der Waals surface area (Å²) in [5.41, 5.74) is 5.49. The first-order chi connectivity index (χ1) is 16.0. The van der Waals surface area contributed by atoms with E-state index in [2.05, 4.69) is 15.3 Å². The molecule has 2 N–H and O–H groups in total. The monoisotopic (exact) mass is 441 g/mol. The number of β-amino-alcohol motifs (C(OH)–C–C–N with tert-alkyl or cyclic N) is 1.